The van der Waals surface area contributed by atoms with Crippen LogP contribution in [-0.4, -0.2) is 46.7 Å². The summed E-state index contributed by atoms with van der Waals surface area (Å²) < 4.78 is 45.8. The fourth-order valence-electron chi connectivity index (χ4n) is 3.61. The smallest absolute Gasteiger partial charge is 0.261 e. The highest BCUT2D eigenvalue weighted by molar-refractivity contribution is 7.92. The Kier molecular flexibility index (Phi) is 7.52. The molecule has 4 rings (SSSR count). The molecule has 3 N–H and O–H groups in total. The summed E-state index contributed by atoms with van der Waals surface area (Å²) in [5.74, 6) is -0.715. The van der Waals surface area contributed by atoms with Crippen molar-refractivity contribution in [3.8, 4) is 0 Å². The maximum absolute atomic E-state index is 13.1. The van der Waals surface area contributed by atoms with Crippen LogP contribution in [0.1, 0.15) is 6.92 Å². The zero-order chi connectivity index (χ0) is 24.8. The Bertz CT molecular complexity index is 1240. The molecule has 10 heteroatoms. The predicted molar refractivity (Wildman–Crippen MR) is 135 cm³/mol. The minimum Gasteiger partial charge on any atom is -0.378 e. The van der Waals surface area contributed by atoms with Gasteiger partial charge >= 0.3 is 0 Å². The van der Waals surface area contributed by atoms with Gasteiger partial charge in [-0.3, -0.25) is 9.52 Å². The molecule has 1 amide bonds. The van der Waals surface area contributed by atoms with E-state index in [2.05, 4.69) is 20.3 Å². The molecule has 0 aromatic heterocycles. The van der Waals surface area contributed by atoms with Crippen LogP contribution in [0, 0.1) is 5.82 Å². The molecule has 35 heavy (non-hydrogen) atoms. The molecule has 8 nitrogen and oxygen atoms in total. The van der Waals surface area contributed by atoms with Crippen LogP contribution in [0.3, 0.4) is 0 Å². The van der Waals surface area contributed by atoms with Crippen molar-refractivity contribution in [3.63, 3.8) is 0 Å². The Morgan fingerprint density at radius 3 is 2.09 bits per heavy atom. The minimum absolute atomic E-state index is 0.0376. The van der Waals surface area contributed by atoms with Gasteiger partial charge in [0, 0.05) is 35.8 Å². The summed E-state index contributed by atoms with van der Waals surface area (Å²) in [5.41, 5.74) is 2.79. The van der Waals surface area contributed by atoms with Crippen molar-refractivity contribution in [2.24, 2.45) is 0 Å². The molecule has 3 aromatic rings. The van der Waals surface area contributed by atoms with Crippen LogP contribution in [-0.2, 0) is 19.6 Å². The van der Waals surface area contributed by atoms with E-state index in [1.54, 1.807) is 31.2 Å². The lowest BCUT2D eigenvalue weighted by molar-refractivity contribution is -0.116. The number of carbonyl (C=O) groups excluding carboxylic acids is 1. The molecule has 1 fully saturated rings. The number of nitrogens with one attached hydrogen (secondary N) is 3. The number of halogens is 1. The Morgan fingerprint density at radius 2 is 1.46 bits per heavy atom. The van der Waals surface area contributed by atoms with E-state index in [1.165, 1.54) is 12.1 Å². The number of rotatable bonds is 8. The fourth-order valence-corrected chi connectivity index (χ4v) is 4.66. The molecule has 3 aromatic carbocycles. The van der Waals surface area contributed by atoms with Gasteiger partial charge in [0.1, 0.15) is 11.9 Å². The van der Waals surface area contributed by atoms with Crippen molar-refractivity contribution in [1.82, 2.24) is 0 Å². The number of ether oxygens (including phenoxy) is 1. The van der Waals surface area contributed by atoms with E-state index in [9.17, 15) is 17.6 Å². The lowest BCUT2D eigenvalue weighted by atomic mass is 10.2. The van der Waals surface area contributed by atoms with Gasteiger partial charge in [-0.25, -0.2) is 12.8 Å². The average Bonchev–Trinajstić information content (AvgIpc) is 2.86. The monoisotopic (exact) mass is 498 g/mol. The highest BCUT2D eigenvalue weighted by Crippen LogP contribution is 2.21. The van der Waals surface area contributed by atoms with E-state index in [-0.39, 0.29) is 10.8 Å². The molecule has 1 saturated heterocycles. The van der Waals surface area contributed by atoms with Crippen LogP contribution >= 0.6 is 0 Å². The van der Waals surface area contributed by atoms with Crippen molar-refractivity contribution in [2.45, 2.75) is 17.9 Å². The van der Waals surface area contributed by atoms with E-state index in [4.69, 9.17) is 4.74 Å². The topological polar surface area (TPSA) is 99.8 Å². The third-order valence-corrected chi connectivity index (χ3v) is 6.95. The molecule has 1 atom stereocenters. The number of anilines is 4. The Hall–Kier alpha value is -3.63. The summed E-state index contributed by atoms with van der Waals surface area (Å²) in [6.07, 6.45) is 0. The first kappa shape index (κ1) is 24.5. The number of morpholine rings is 1. The SMILES string of the molecule is C[C@H](Nc1ccc(NS(=O)(=O)c2ccc(F)cc2)cc1)C(=O)Nc1ccc(N2CCOCC2)cc1. The first-order valence-corrected chi connectivity index (χ1v) is 12.7. The zero-order valence-electron chi connectivity index (χ0n) is 19.2. The molecule has 0 spiro atoms. The second kappa shape index (κ2) is 10.7. The van der Waals surface area contributed by atoms with E-state index in [0.29, 0.717) is 30.3 Å². The van der Waals surface area contributed by atoms with Crippen LogP contribution < -0.4 is 20.3 Å². The summed E-state index contributed by atoms with van der Waals surface area (Å²) in [7, 11) is -3.83. The number of amides is 1. The number of hydrogen-bond acceptors (Lipinski definition) is 6. The second-order valence-corrected chi connectivity index (χ2v) is 9.82. The van der Waals surface area contributed by atoms with E-state index >= 15 is 0 Å². The standard InChI is InChI=1S/C25H27FN4O4S/c1-18(25(31)28-21-8-10-23(11-9-21)30-14-16-34-17-15-30)27-20-4-6-22(7-5-20)29-35(32,33)24-12-2-19(26)3-13-24/h2-13,18,27,29H,14-17H2,1H3,(H,28,31)/t18-/m0/s1. The van der Waals surface area contributed by atoms with Crippen molar-refractivity contribution < 1.29 is 22.3 Å². The zero-order valence-corrected chi connectivity index (χ0v) is 20.0. The molecular formula is C25H27FN4O4S. The molecular weight excluding hydrogens is 471 g/mol. The third kappa shape index (κ3) is 6.49. The Labute approximate surface area is 204 Å². The van der Waals surface area contributed by atoms with Gasteiger partial charge < -0.3 is 20.3 Å². The van der Waals surface area contributed by atoms with Gasteiger partial charge in [-0.15, -0.1) is 0 Å². The van der Waals surface area contributed by atoms with Gasteiger partial charge in [0.2, 0.25) is 5.91 Å². The van der Waals surface area contributed by atoms with Crippen LogP contribution in [0.15, 0.2) is 77.7 Å². The van der Waals surface area contributed by atoms with Gasteiger partial charge in [0.15, 0.2) is 0 Å². The number of carbonyl (C=O) groups is 1. The predicted octanol–water partition coefficient (Wildman–Crippen LogP) is 3.90. The van der Waals surface area contributed by atoms with Crippen LogP contribution in [0.25, 0.3) is 0 Å². The van der Waals surface area contributed by atoms with Gasteiger partial charge in [-0.2, -0.15) is 0 Å². The number of hydrogen-bond donors (Lipinski definition) is 3. The highest BCUT2D eigenvalue weighted by atomic mass is 32.2. The largest absolute Gasteiger partial charge is 0.378 e. The van der Waals surface area contributed by atoms with Gasteiger partial charge in [0.25, 0.3) is 10.0 Å². The summed E-state index contributed by atoms with van der Waals surface area (Å²) in [4.78, 5) is 14.8. The van der Waals surface area contributed by atoms with E-state index in [0.717, 1.165) is 30.9 Å². The lowest BCUT2D eigenvalue weighted by Gasteiger charge is -2.29. The molecule has 1 aliphatic heterocycles. The normalized spacial score (nSPS) is 14.7. The Balaban J connectivity index is 1.31. The van der Waals surface area contributed by atoms with Crippen molar-refractivity contribution in [1.29, 1.82) is 0 Å². The molecule has 0 radical (unpaired) electrons. The van der Waals surface area contributed by atoms with Crippen LogP contribution in [0.4, 0.5) is 27.1 Å². The van der Waals surface area contributed by atoms with Gasteiger partial charge in [-0.05, 0) is 79.7 Å². The molecule has 1 heterocycles. The maximum atomic E-state index is 13.1. The average molecular weight is 499 g/mol. The van der Waals surface area contributed by atoms with Crippen LogP contribution in [0.2, 0.25) is 0 Å². The second-order valence-electron chi connectivity index (χ2n) is 8.14. The third-order valence-electron chi connectivity index (χ3n) is 5.55. The summed E-state index contributed by atoms with van der Waals surface area (Å²) in [6, 6.07) is 18.2. The molecule has 184 valence electrons. The number of benzene rings is 3. The van der Waals surface area contributed by atoms with Gasteiger partial charge in [0.05, 0.1) is 18.1 Å². The summed E-state index contributed by atoms with van der Waals surface area (Å²) >= 11 is 0. The maximum Gasteiger partial charge on any atom is 0.261 e. The van der Waals surface area contributed by atoms with Gasteiger partial charge in [-0.1, -0.05) is 0 Å². The van der Waals surface area contributed by atoms with E-state index in [1.807, 2.05) is 24.3 Å². The quantitative estimate of drug-likeness (QED) is 0.436. The molecule has 0 bridgehead atoms. The number of sulfonamides is 1. The fraction of sp³-hybridized carbons (Fsp3) is 0.240. The lowest BCUT2D eigenvalue weighted by Crippen LogP contribution is -2.36. The van der Waals surface area contributed by atoms with Crippen LogP contribution in [0.5, 0.6) is 0 Å². The molecule has 0 saturated carbocycles. The number of nitrogens with zero attached hydrogens (tertiary/aromatic N) is 1. The molecule has 1 aliphatic rings. The molecule has 0 aliphatic carbocycles. The minimum atomic E-state index is -3.83. The van der Waals surface area contributed by atoms with Crippen molar-refractivity contribution in [3.05, 3.63) is 78.6 Å². The first-order chi connectivity index (χ1) is 16.8. The highest BCUT2D eigenvalue weighted by Gasteiger charge is 2.16. The Morgan fingerprint density at radius 1 is 0.886 bits per heavy atom. The van der Waals surface area contributed by atoms with Crippen molar-refractivity contribution in [2.75, 3.05) is 46.6 Å². The first-order valence-electron chi connectivity index (χ1n) is 11.2. The molecule has 0 unspecified atom stereocenters. The summed E-state index contributed by atoms with van der Waals surface area (Å²) in [6.45, 7) is 4.85. The summed E-state index contributed by atoms with van der Waals surface area (Å²) in [5, 5.41) is 5.99. The van der Waals surface area contributed by atoms with E-state index < -0.39 is 21.9 Å². The van der Waals surface area contributed by atoms with Crippen molar-refractivity contribution >= 4 is 38.7 Å².